The molecule has 1 aliphatic rings. The molecular weight excluding hydrogens is 434 g/mol. The van der Waals surface area contributed by atoms with Crippen LogP contribution in [0, 0.1) is 5.92 Å². The van der Waals surface area contributed by atoms with Crippen LogP contribution in [0.2, 0.25) is 0 Å². The molecule has 0 bridgehead atoms. The fourth-order valence-corrected chi connectivity index (χ4v) is 4.91. The van der Waals surface area contributed by atoms with Gasteiger partial charge in [-0.15, -0.1) is 11.3 Å². The number of benzene rings is 2. The number of nitrogens with zero attached hydrogens (tertiary/aromatic N) is 2. The number of nitrogens with one attached hydrogen (secondary N) is 3. The minimum absolute atomic E-state index is 0.0761. The van der Waals surface area contributed by atoms with Gasteiger partial charge in [-0.25, -0.2) is 9.97 Å². The Morgan fingerprint density at radius 1 is 1.06 bits per heavy atom. The third-order valence-corrected chi connectivity index (χ3v) is 6.74. The molecular formula is C25H25N5O2S. The molecule has 3 N–H and O–H groups in total. The average molecular weight is 460 g/mol. The number of ether oxygens (including phenoxy) is 1. The Kier molecular flexibility index (Phi) is 6.19. The van der Waals surface area contributed by atoms with Gasteiger partial charge in [-0.3, -0.25) is 4.79 Å². The first-order valence-electron chi connectivity index (χ1n) is 11.0. The standard InChI is InChI=1S/C25H25N5O2S/c1-32-21-5-3-2-4-19(21)20-15-33-22-14-27-25(30-23(20)22)29-18-8-6-17(7-9-18)28-24(31)16-10-12-26-13-11-16/h2-9,14-16,26H,10-13H2,1H3,(H,28,31)(H,27,29,30). The Morgan fingerprint density at radius 3 is 2.61 bits per heavy atom. The fraction of sp³-hybridized carbons (Fsp3) is 0.240. The molecule has 3 heterocycles. The Morgan fingerprint density at radius 2 is 1.82 bits per heavy atom. The number of aromatic nitrogens is 2. The number of carbonyl (C=O) groups is 1. The average Bonchev–Trinajstić information content (AvgIpc) is 3.29. The molecule has 168 valence electrons. The highest BCUT2D eigenvalue weighted by Crippen LogP contribution is 2.37. The zero-order valence-corrected chi connectivity index (χ0v) is 19.1. The molecule has 33 heavy (non-hydrogen) atoms. The predicted molar refractivity (Wildman–Crippen MR) is 133 cm³/mol. The fourth-order valence-electron chi connectivity index (χ4n) is 4.04. The highest BCUT2D eigenvalue weighted by Gasteiger charge is 2.20. The summed E-state index contributed by atoms with van der Waals surface area (Å²) >= 11 is 1.61. The quantitative estimate of drug-likeness (QED) is 0.374. The molecule has 0 spiro atoms. The van der Waals surface area contributed by atoms with Crippen molar-refractivity contribution >= 4 is 44.8 Å². The minimum Gasteiger partial charge on any atom is -0.496 e. The number of hydrogen-bond donors (Lipinski definition) is 3. The lowest BCUT2D eigenvalue weighted by Crippen LogP contribution is -2.34. The van der Waals surface area contributed by atoms with Crippen LogP contribution in [0.3, 0.4) is 0 Å². The first kappa shape index (κ1) is 21.4. The number of piperidine rings is 1. The molecule has 5 rings (SSSR count). The Bertz CT molecular complexity index is 1270. The SMILES string of the molecule is COc1ccccc1-c1csc2cnc(Nc3ccc(NC(=O)C4CCNCC4)cc3)nc12. The van der Waals surface area contributed by atoms with E-state index in [9.17, 15) is 4.79 Å². The van der Waals surface area contributed by atoms with Gasteiger partial charge in [0.25, 0.3) is 0 Å². The first-order chi connectivity index (χ1) is 16.2. The maximum absolute atomic E-state index is 12.5. The van der Waals surface area contributed by atoms with E-state index in [0.717, 1.165) is 64.4 Å². The number of methoxy groups -OCH3 is 1. The van der Waals surface area contributed by atoms with E-state index in [4.69, 9.17) is 9.72 Å². The third-order valence-electron chi connectivity index (χ3n) is 5.83. The smallest absolute Gasteiger partial charge is 0.227 e. The van der Waals surface area contributed by atoms with Gasteiger partial charge in [-0.05, 0) is 56.3 Å². The van der Waals surface area contributed by atoms with E-state index < -0.39 is 0 Å². The number of anilines is 3. The summed E-state index contributed by atoms with van der Waals surface area (Å²) in [5.74, 6) is 1.50. The second-order valence-electron chi connectivity index (χ2n) is 7.97. The van der Waals surface area contributed by atoms with Crippen molar-refractivity contribution in [3.63, 3.8) is 0 Å². The lowest BCUT2D eigenvalue weighted by atomic mass is 9.97. The van der Waals surface area contributed by atoms with Crippen LogP contribution in [0.5, 0.6) is 5.75 Å². The molecule has 0 aliphatic carbocycles. The number of hydrogen-bond acceptors (Lipinski definition) is 7. The van der Waals surface area contributed by atoms with Crippen LogP contribution in [0.15, 0.2) is 60.1 Å². The number of carbonyl (C=O) groups excluding carboxylic acids is 1. The second-order valence-corrected chi connectivity index (χ2v) is 8.88. The molecule has 7 nitrogen and oxygen atoms in total. The van der Waals surface area contributed by atoms with Crippen molar-refractivity contribution in [2.24, 2.45) is 5.92 Å². The zero-order chi connectivity index (χ0) is 22.6. The Balaban J connectivity index is 1.32. The van der Waals surface area contributed by atoms with E-state index in [1.807, 2.05) is 54.7 Å². The summed E-state index contributed by atoms with van der Waals surface area (Å²) in [6.45, 7) is 1.79. The molecule has 1 aliphatic heterocycles. The minimum atomic E-state index is 0.0761. The van der Waals surface area contributed by atoms with E-state index in [0.29, 0.717) is 5.95 Å². The van der Waals surface area contributed by atoms with Gasteiger partial charge in [0.05, 0.1) is 23.5 Å². The van der Waals surface area contributed by atoms with Gasteiger partial charge < -0.3 is 20.7 Å². The Labute approximate surface area is 196 Å². The van der Waals surface area contributed by atoms with Crippen molar-refractivity contribution in [2.75, 3.05) is 30.8 Å². The summed E-state index contributed by atoms with van der Waals surface area (Å²) in [6.07, 6.45) is 3.59. The predicted octanol–water partition coefficient (Wildman–Crippen LogP) is 5.05. The molecule has 0 saturated carbocycles. The van der Waals surface area contributed by atoms with Gasteiger partial charge >= 0.3 is 0 Å². The lowest BCUT2D eigenvalue weighted by Gasteiger charge is -2.21. The van der Waals surface area contributed by atoms with Gasteiger partial charge in [0.1, 0.15) is 5.75 Å². The highest BCUT2D eigenvalue weighted by atomic mass is 32.1. The zero-order valence-electron chi connectivity index (χ0n) is 18.3. The molecule has 1 fully saturated rings. The largest absolute Gasteiger partial charge is 0.496 e. The molecule has 0 unspecified atom stereocenters. The number of rotatable bonds is 6. The Hall–Kier alpha value is -3.49. The molecule has 2 aromatic carbocycles. The van der Waals surface area contributed by atoms with Crippen molar-refractivity contribution < 1.29 is 9.53 Å². The van der Waals surface area contributed by atoms with Crippen molar-refractivity contribution in [1.29, 1.82) is 0 Å². The molecule has 2 aromatic heterocycles. The van der Waals surface area contributed by atoms with Gasteiger partial charge in [0.2, 0.25) is 11.9 Å². The summed E-state index contributed by atoms with van der Waals surface area (Å²) < 4.78 is 6.55. The van der Waals surface area contributed by atoms with Crippen molar-refractivity contribution in [2.45, 2.75) is 12.8 Å². The van der Waals surface area contributed by atoms with E-state index in [1.54, 1.807) is 18.4 Å². The van der Waals surface area contributed by atoms with E-state index in [2.05, 4.69) is 26.3 Å². The summed E-state index contributed by atoms with van der Waals surface area (Å²) in [4.78, 5) is 21.7. The lowest BCUT2D eigenvalue weighted by molar-refractivity contribution is -0.120. The number of thiophene rings is 1. The van der Waals surface area contributed by atoms with Crippen LogP contribution in [0.4, 0.5) is 17.3 Å². The summed E-state index contributed by atoms with van der Waals surface area (Å²) in [5, 5.41) is 11.7. The summed E-state index contributed by atoms with van der Waals surface area (Å²) in [7, 11) is 1.67. The second kappa shape index (κ2) is 9.56. The number of para-hydroxylation sites is 1. The maximum atomic E-state index is 12.5. The van der Waals surface area contributed by atoms with E-state index in [1.165, 1.54) is 0 Å². The van der Waals surface area contributed by atoms with Gasteiger partial charge in [-0.2, -0.15) is 0 Å². The van der Waals surface area contributed by atoms with Crippen LogP contribution in [-0.4, -0.2) is 36.1 Å². The molecule has 8 heteroatoms. The third kappa shape index (κ3) is 4.67. The van der Waals surface area contributed by atoms with Crippen LogP contribution < -0.4 is 20.7 Å². The number of amides is 1. The van der Waals surface area contributed by atoms with Gasteiger partial charge in [-0.1, -0.05) is 18.2 Å². The van der Waals surface area contributed by atoms with Crippen LogP contribution in [0.25, 0.3) is 21.3 Å². The molecule has 0 atom stereocenters. The van der Waals surface area contributed by atoms with Crippen LogP contribution >= 0.6 is 11.3 Å². The van der Waals surface area contributed by atoms with E-state index in [-0.39, 0.29) is 11.8 Å². The molecule has 0 radical (unpaired) electrons. The van der Waals surface area contributed by atoms with Crippen molar-refractivity contribution in [3.05, 3.63) is 60.1 Å². The monoisotopic (exact) mass is 459 g/mol. The van der Waals surface area contributed by atoms with Crippen LogP contribution in [-0.2, 0) is 4.79 Å². The highest BCUT2D eigenvalue weighted by molar-refractivity contribution is 7.17. The number of fused-ring (bicyclic) bond motifs is 1. The van der Waals surface area contributed by atoms with Crippen molar-refractivity contribution in [3.8, 4) is 16.9 Å². The maximum Gasteiger partial charge on any atom is 0.227 e. The molecule has 1 amide bonds. The van der Waals surface area contributed by atoms with Gasteiger partial charge in [0.15, 0.2) is 0 Å². The summed E-state index contributed by atoms with van der Waals surface area (Å²) in [6, 6.07) is 15.6. The van der Waals surface area contributed by atoms with Crippen LogP contribution in [0.1, 0.15) is 12.8 Å². The topological polar surface area (TPSA) is 88.2 Å². The summed E-state index contributed by atoms with van der Waals surface area (Å²) in [5.41, 5.74) is 4.55. The first-order valence-corrected chi connectivity index (χ1v) is 11.9. The molecule has 4 aromatic rings. The van der Waals surface area contributed by atoms with Crippen molar-refractivity contribution in [1.82, 2.24) is 15.3 Å². The van der Waals surface area contributed by atoms with E-state index >= 15 is 0 Å². The van der Waals surface area contributed by atoms with Gasteiger partial charge in [0, 0.05) is 33.8 Å². The normalized spacial score (nSPS) is 14.2. The molecule has 1 saturated heterocycles.